The van der Waals surface area contributed by atoms with Gasteiger partial charge in [0, 0.05) is 16.8 Å². The Bertz CT molecular complexity index is 842. The van der Waals surface area contributed by atoms with Crippen molar-refractivity contribution < 1.29 is 0 Å². The molecule has 0 N–H and O–H groups in total. The minimum absolute atomic E-state index is 0.771. The van der Waals surface area contributed by atoms with Gasteiger partial charge in [0.05, 0.1) is 11.4 Å². The molecular weight excluding hydrogens is 316 g/mol. The first-order chi connectivity index (χ1) is 11.7. The first-order valence-corrected chi connectivity index (χ1v) is 9.32. The van der Waals surface area contributed by atoms with Gasteiger partial charge in [0.15, 0.2) is 0 Å². The fourth-order valence-corrected chi connectivity index (χ4v) is 4.02. The molecule has 2 aromatic heterocycles. The van der Waals surface area contributed by atoms with Crippen LogP contribution in [-0.2, 0) is 6.42 Å². The summed E-state index contributed by atoms with van der Waals surface area (Å²) in [7, 11) is 0. The molecule has 1 fully saturated rings. The minimum Gasteiger partial charge on any atom is -0.303 e. The van der Waals surface area contributed by atoms with Crippen molar-refractivity contribution in [3.63, 3.8) is 0 Å². The van der Waals surface area contributed by atoms with Gasteiger partial charge in [-0.15, -0.1) is 0 Å². The highest BCUT2D eigenvalue weighted by Gasteiger charge is 2.20. The van der Waals surface area contributed by atoms with Crippen molar-refractivity contribution in [2.45, 2.75) is 45.4 Å². The Hall–Kier alpha value is -1.80. The summed E-state index contributed by atoms with van der Waals surface area (Å²) >= 11 is 6.07. The van der Waals surface area contributed by atoms with Crippen molar-refractivity contribution in [1.82, 2.24) is 9.38 Å². The molecule has 3 aromatic rings. The third-order valence-corrected chi connectivity index (χ3v) is 5.44. The van der Waals surface area contributed by atoms with Crippen LogP contribution in [0.25, 0.3) is 16.9 Å². The molecular formula is C21H23ClN2. The Morgan fingerprint density at radius 1 is 1.04 bits per heavy atom. The van der Waals surface area contributed by atoms with Gasteiger partial charge in [-0.25, -0.2) is 4.98 Å². The Kier molecular flexibility index (Phi) is 4.32. The molecule has 0 aliphatic heterocycles. The van der Waals surface area contributed by atoms with Crippen molar-refractivity contribution in [2.75, 3.05) is 0 Å². The maximum Gasteiger partial charge on any atom is 0.137 e. The van der Waals surface area contributed by atoms with Crippen molar-refractivity contribution in [1.29, 1.82) is 0 Å². The second-order valence-corrected chi connectivity index (χ2v) is 7.49. The van der Waals surface area contributed by atoms with E-state index in [9.17, 15) is 0 Å². The summed E-state index contributed by atoms with van der Waals surface area (Å²) in [5.74, 6) is 0.783. The number of halogens is 1. The average Bonchev–Trinajstić information content (AvgIpc) is 2.94. The van der Waals surface area contributed by atoms with Crippen LogP contribution in [0.2, 0.25) is 5.02 Å². The van der Waals surface area contributed by atoms with E-state index in [4.69, 9.17) is 16.6 Å². The van der Waals surface area contributed by atoms with Crippen LogP contribution >= 0.6 is 11.6 Å². The molecule has 3 heteroatoms. The molecule has 0 atom stereocenters. The number of fused-ring (bicyclic) bond motifs is 1. The van der Waals surface area contributed by atoms with Crippen LogP contribution in [0.4, 0.5) is 0 Å². The number of imidazole rings is 1. The highest BCUT2D eigenvalue weighted by atomic mass is 35.5. The normalized spacial score (nSPS) is 15.9. The maximum atomic E-state index is 6.07. The van der Waals surface area contributed by atoms with E-state index in [1.54, 1.807) is 0 Å². The topological polar surface area (TPSA) is 17.3 Å². The van der Waals surface area contributed by atoms with E-state index in [0.29, 0.717) is 0 Å². The van der Waals surface area contributed by atoms with Gasteiger partial charge in [0.25, 0.3) is 0 Å². The van der Waals surface area contributed by atoms with Gasteiger partial charge in [-0.2, -0.15) is 0 Å². The van der Waals surface area contributed by atoms with Crippen LogP contribution in [0.15, 0.2) is 42.6 Å². The van der Waals surface area contributed by atoms with Crippen LogP contribution in [0.1, 0.15) is 43.4 Å². The summed E-state index contributed by atoms with van der Waals surface area (Å²) in [5.41, 5.74) is 5.93. The zero-order valence-electron chi connectivity index (χ0n) is 14.1. The van der Waals surface area contributed by atoms with Gasteiger partial charge < -0.3 is 4.40 Å². The summed E-state index contributed by atoms with van der Waals surface area (Å²) in [6.07, 6.45) is 10.2. The number of rotatable bonds is 3. The summed E-state index contributed by atoms with van der Waals surface area (Å²) in [5, 5.41) is 0.771. The van der Waals surface area contributed by atoms with Gasteiger partial charge in [-0.05, 0) is 43.0 Å². The van der Waals surface area contributed by atoms with Crippen molar-refractivity contribution >= 4 is 17.2 Å². The largest absolute Gasteiger partial charge is 0.303 e. The Morgan fingerprint density at radius 3 is 2.54 bits per heavy atom. The molecule has 0 saturated heterocycles. The first kappa shape index (κ1) is 15.7. The third kappa shape index (κ3) is 3.08. The third-order valence-electron chi connectivity index (χ3n) is 5.19. The lowest BCUT2D eigenvalue weighted by Crippen LogP contribution is -2.11. The predicted octanol–water partition coefficient (Wildman–Crippen LogP) is 6.09. The SMILES string of the molecule is Cc1ccc2nc(-c3ccc(Cl)cc3)c(CC3CCCCC3)n2c1. The first-order valence-electron chi connectivity index (χ1n) is 8.94. The van der Waals surface area contributed by atoms with E-state index in [1.807, 2.05) is 12.1 Å². The Labute approximate surface area is 148 Å². The zero-order chi connectivity index (χ0) is 16.5. The lowest BCUT2D eigenvalue weighted by Gasteiger charge is -2.21. The molecule has 0 amide bonds. The van der Waals surface area contributed by atoms with Crippen molar-refractivity contribution in [2.24, 2.45) is 5.92 Å². The number of hydrogen-bond acceptors (Lipinski definition) is 1. The highest BCUT2D eigenvalue weighted by molar-refractivity contribution is 6.30. The van der Waals surface area contributed by atoms with Crippen LogP contribution in [-0.4, -0.2) is 9.38 Å². The fourth-order valence-electron chi connectivity index (χ4n) is 3.90. The van der Waals surface area contributed by atoms with Gasteiger partial charge >= 0.3 is 0 Å². The van der Waals surface area contributed by atoms with Crippen LogP contribution < -0.4 is 0 Å². The molecule has 124 valence electrons. The maximum absolute atomic E-state index is 6.07. The van der Waals surface area contributed by atoms with Gasteiger partial charge in [0.2, 0.25) is 0 Å². The molecule has 24 heavy (non-hydrogen) atoms. The minimum atomic E-state index is 0.771. The second-order valence-electron chi connectivity index (χ2n) is 7.06. The number of benzene rings is 1. The molecule has 1 saturated carbocycles. The molecule has 0 bridgehead atoms. The molecule has 2 heterocycles. The molecule has 1 aliphatic carbocycles. The zero-order valence-corrected chi connectivity index (χ0v) is 14.9. The average molecular weight is 339 g/mol. The molecule has 2 nitrogen and oxygen atoms in total. The van der Waals surface area contributed by atoms with Gasteiger partial charge in [-0.3, -0.25) is 0 Å². The fraction of sp³-hybridized carbons (Fsp3) is 0.381. The second kappa shape index (κ2) is 6.60. The Balaban J connectivity index is 1.81. The summed E-state index contributed by atoms with van der Waals surface area (Å²) < 4.78 is 2.30. The van der Waals surface area contributed by atoms with E-state index in [0.717, 1.165) is 34.3 Å². The van der Waals surface area contributed by atoms with E-state index in [2.05, 4.69) is 41.8 Å². The number of hydrogen-bond donors (Lipinski definition) is 0. The lowest BCUT2D eigenvalue weighted by atomic mass is 9.85. The van der Waals surface area contributed by atoms with Crippen molar-refractivity contribution in [3.8, 4) is 11.3 Å². The molecule has 1 aromatic carbocycles. The molecule has 4 rings (SSSR count). The predicted molar refractivity (Wildman–Crippen MR) is 101 cm³/mol. The summed E-state index contributed by atoms with van der Waals surface area (Å²) in [6, 6.07) is 12.3. The quantitative estimate of drug-likeness (QED) is 0.565. The van der Waals surface area contributed by atoms with Gasteiger partial charge in [0.1, 0.15) is 5.65 Å². The van der Waals surface area contributed by atoms with E-state index >= 15 is 0 Å². The highest BCUT2D eigenvalue weighted by Crippen LogP contribution is 2.32. The molecule has 0 radical (unpaired) electrons. The monoisotopic (exact) mass is 338 g/mol. The standard InChI is InChI=1S/C21H23ClN2/c1-15-7-12-20-23-21(17-8-10-18(22)11-9-17)19(24(20)14-15)13-16-5-3-2-4-6-16/h7-12,14,16H,2-6,13H2,1H3. The van der Waals surface area contributed by atoms with E-state index in [1.165, 1.54) is 43.4 Å². The summed E-state index contributed by atoms with van der Waals surface area (Å²) in [4.78, 5) is 4.94. The Morgan fingerprint density at radius 2 is 1.79 bits per heavy atom. The number of aryl methyl sites for hydroxylation is 1. The number of nitrogens with zero attached hydrogens (tertiary/aromatic N) is 2. The smallest absolute Gasteiger partial charge is 0.137 e. The van der Waals surface area contributed by atoms with Crippen molar-refractivity contribution in [3.05, 3.63) is 58.9 Å². The number of aromatic nitrogens is 2. The van der Waals surface area contributed by atoms with Crippen LogP contribution in [0, 0.1) is 12.8 Å². The van der Waals surface area contributed by atoms with Gasteiger partial charge in [-0.1, -0.05) is 61.9 Å². The molecule has 0 spiro atoms. The number of pyridine rings is 1. The van der Waals surface area contributed by atoms with Crippen LogP contribution in [0.3, 0.4) is 0 Å². The molecule has 0 unspecified atom stereocenters. The summed E-state index contributed by atoms with van der Waals surface area (Å²) in [6.45, 7) is 2.14. The van der Waals surface area contributed by atoms with E-state index < -0.39 is 0 Å². The van der Waals surface area contributed by atoms with E-state index in [-0.39, 0.29) is 0 Å². The lowest BCUT2D eigenvalue weighted by molar-refractivity contribution is 0.354. The molecule has 1 aliphatic rings. The van der Waals surface area contributed by atoms with Crippen LogP contribution in [0.5, 0.6) is 0 Å².